The molecule has 0 aromatic carbocycles. The lowest BCUT2D eigenvalue weighted by Gasteiger charge is -2.71. The molecule has 16 atom stereocenters. The molecule has 5 fully saturated rings. The first kappa shape index (κ1) is 35.7. The standard InChI is InChI=1S/C36H58O11/c1-31(17-38)10-12-36(30(45)47-29-27(43)26(42)25(41)22(16-37)46-29)13-11-34(4)19(20(36)14-31)6-7-24-32(2)15-21(40)28(44)33(3,18-39)23(32)8-9-35(24,34)5/h6,20-29,37-44H,7-18H2,1-5H3/t20-,21+,22+,23?,24?,25+,26-,27+,28-,29-,31+,32-,33-,34+,35+,36-/m0/s1. The zero-order valence-electron chi connectivity index (χ0n) is 28.6. The molecule has 2 unspecified atom stereocenters. The Morgan fingerprint density at radius 3 is 2.17 bits per heavy atom. The SMILES string of the molecule is C[C@@]1(CO)CC[C@]2(C(=O)O[C@@H]3O[C@H](CO)[C@@H](O)[C@H](O)[C@H]3O)CC[C@]3(C)C(=CCC4[C@@]5(C)C[C@@H](O)[C@H](O)[C@@](C)(CO)C5CC[C@]43C)[C@@H]2C1. The molecule has 47 heavy (non-hydrogen) atoms. The van der Waals surface area contributed by atoms with Gasteiger partial charge < -0.3 is 50.3 Å². The fourth-order valence-electron chi connectivity index (χ4n) is 12.2. The quantitative estimate of drug-likeness (QED) is 0.156. The number of esters is 1. The van der Waals surface area contributed by atoms with Gasteiger partial charge in [0.15, 0.2) is 0 Å². The number of hydrogen-bond acceptors (Lipinski definition) is 11. The molecule has 4 saturated carbocycles. The van der Waals surface area contributed by atoms with E-state index in [0.29, 0.717) is 38.5 Å². The number of rotatable bonds is 5. The molecule has 5 aliphatic carbocycles. The van der Waals surface area contributed by atoms with Crippen molar-refractivity contribution in [3.8, 4) is 0 Å². The first-order valence-corrected chi connectivity index (χ1v) is 17.7. The van der Waals surface area contributed by atoms with Crippen LogP contribution < -0.4 is 0 Å². The van der Waals surface area contributed by atoms with Crippen LogP contribution in [0.3, 0.4) is 0 Å². The number of aliphatic hydroxyl groups is 8. The first-order chi connectivity index (χ1) is 21.9. The van der Waals surface area contributed by atoms with Gasteiger partial charge in [0.2, 0.25) is 6.29 Å². The second-order valence-electron chi connectivity index (χ2n) is 17.7. The summed E-state index contributed by atoms with van der Waals surface area (Å²) in [7, 11) is 0. The zero-order valence-corrected chi connectivity index (χ0v) is 28.6. The van der Waals surface area contributed by atoms with E-state index in [9.17, 15) is 45.6 Å². The highest BCUT2D eigenvalue weighted by Gasteiger charge is 2.71. The molecule has 1 aliphatic heterocycles. The van der Waals surface area contributed by atoms with Crippen LogP contribution in [0.25, 0.3) is 0 Å². The molecular weight excluding hydrogens is 608 g/mol. The Balaban J connectivity index is 1.37. The van der Waals surface area contributed by atoms with Gasteiger partial charge in [0.1, 0.15) is 24.4 Å². The van der Waals surface area contributed by atoms with E-state index in [0.717, 1.165) is 19.3 Å². The number of carbonyl (C=O) groups excluding carboxylic acids is 1. The van der Waals surface area contributed by atoms with Gasteiger partial charge in [-0.1, -0.05) is 46.3 Å². The molecule has 11 heteroatoms. The van der Waals surface area contributed by atoms with E-state index in [1.807, 2.05) is 6.92 Å². The molecule has 11 nitrogen and oxygen atoms in total. The average molecular weight is 667 g/mol. The molecule has 0 amide bonds. The highest BCUT2D eigenvalue weighted by Crippen LogP contribution is 2.75. The summed E-state index contributed by atoms with van der Waals surface area (Å²) in [6.45, 7) is 10.0. The normalized spacial score (nSPS) is 55.9. The van der Waals surface area contributed by atoms with E-state index < -0.39 is 71.7 Å². The number of allylic oxidation sites excluding steroid dienone is 2. The van der Waals surface area contributed by atoms with Crippen LogP contribution in [0.2, 0.25) is 0 Å². The summed E-state index contributed by atoms with van der Waals surface area (Å²) in [4.78, 5) is 14.4. The molecule has 0 bridgehead atoms. The Bertz CT molecular complexity index is 1260. The van der Waals surface area contributed by atoms with Gasteiger partial charge in [-0.15, -0.1) is 0 Å². The van der Waals surface area contributed by atoms with Crippen molar-refractivity contribution in [2.24, 2.45) is 50.2 Å². The fraction of sp³-hybridized carbons (Fsp3) is 0.917. The predicted octanol–water partition coefficient (Wildman–Crippen LogP) is 1.41. The molecule has 268 valence electrons. The number of ether oxygens (including phenoxy) is 2. The number of hydrogen-bond donors (Lipinski definition) is 8. The fourth-order valence-corrected chi connectivity index (χ4v) is 12.2. The summed E-state index contributed by atoms with van der Waals surface area (Å²) in [5, 5.41) is 84.3. The zero-order chi connectivity index (χ0) is 34.5. The van der Waals surface area contributed by atoms with Crippen molar-refractivity contribution >= 4 is 5.97 Å². The lowest BCUT2D eigenvalue weighted by atomic mass is 9.33. The van der Waals surface area contributed by atoms with Crippen molar-refractivity contribution in [1.82, 2.24) is 0 Å². The molecule has 0 aromatic heterocycles. The highest BCUT2D eigenvalue weighted by molar-refractivity contribution is 5.79. The van der Waals surface area contributed by atoms with Gasteiger partial charge in [0, 0.05) is 12.0 Å². The van der Waals surface area contributed by atoms with Gasteiger partial charge in [-0.3, -0.25) is 4.79 Å². The van der Waals surface area contributed by atoms with Crippen molar-refractivity contribution in [2.45, 2.75) is 135 Å². The van der Waals surface area contributed by atoms with Crippen molar-refractivity contribution < 1.29 is 55.1 Å². The van der Waals surface area contributed by atoms with Crippen LogP contribution in [-0.4, -0.2) is 110 Å². The second kappa shape index (κ2) is 11.7. The van der Waals surface area contributed by atoms with Gasteiger partial charge >= 0.3 is 5.97 Å². The van der Waals surface area contributed by atoms with E-state index in [4.69, 9.17) is 9.47 Å². The van der Waals surface area contributed by atoms with Crippen LogP contribution in [0.15, 0.2) is 11.6 Å². The third-order valence-electron chi connectivity index (χ3n) is 15.5. The largest absolute Gasteiger partial charge is 0.432 e. The average Bonchev–Trinajstić information content (AvgIpc) is 3.04. The molecule has 6 aliphatic rings. The van der Waals surface area contributed by atoms with Gasteiger partial charge in [-0.05, 0) is 97.2 Å². The van der Waals surface area contributed by atoms with Crippen molar-refractivity contribution in [3.63, 3.8) is 0 Å². The monoisotopic (exact) mass is 666 g/mol. The summed E-state index contributed by atoms with van der Waals surface area (Å²) < 4.78 is 11.5. The summed E-state index contributed by atoms with van der Waals surface area (Å²) in [5.74, 6) is -0.606. The van der Waals surface area contributed by atoms with Gasteiger partial charge in [-0.2, -0.15) is 0 Å². The van der Waals surface area contributed by atoms with Gasteiger partial charge in [-0.25, -0.2) is 0 Å². The maximum atomic E-state index is 14.4. The minimum absolute atomic E-state index is 0.0229. The number of carbonyl (C=O) groups is 1. The van der Waals surface area contributed by atoms with E-state index in [1.165, 1.54) is 5.57 Å². The van der Waals surface area contributed by atoms with Crippen LogP contribution in [-0.2, 0) is 14.3 Å². The Kier molecular flexibility index (Phi) is 8.88. The molecule has 6 rings (SSSR count). The molecule has 8 N–H and O–H groups in total. The summed E-state index contributed by atoms with van der Waals surface area (Å²) in [5.41, 5.74) is -1.85. The third kappa shape index (κ3) is 4.81. The van der Waals surface area contributed by atoms with Crippen molar-refractivity contribution in [1.29, 1.82) is 0 Å². The van der Waals surface area contributed by atoms with Gasteiger partial charge in [0.05, 0.1) is 30.8 Å². The molecule has 0 radical (unpaired) electrons. The van der Waals surface area contributed by atoms with Crippen molar-refractivity contribution in [2.75, 3.05) is 19.8 Å². The Morgan fingerprint density at radius 2 is 1.53 bits per heavy atom. The molecule has 1 heterocycles. The number of fused-ring (bicyclic) bond motifs is 7. The van der Waals surface area contributed by atoms with Crippen LogP contribution >= 0.6 is 0 Å². The lowest BCUT2D eigenvalue weighted by molar-refractivity contribution is -0.297. The Hall–Kier alpha value is -1.15. The minimum atomic E-state index is -1.69. The highest BCUT2D eigenvalue weighted by atomic mass is 16.7. The lowest BCUT2D eigenvalue weighted by Crippen LogP contribution is -2.68. The summed E-state index contributed by atoms with van der Waals surface area (Å²) in [6, 6.07) is 0. The van der Waals surface area contributed by atoms with Gasteiger partial charge in [0.25, 0.3) is 0 Å². The van der Waals surface area contributed by atoms with Crippen LogP contribution in [0, 0.1) is 50.2 Å². The third-order valence-corrected chi connectivity index (χ3v) is 15.5. The predicted molar refractivity (Wildman–Crippen MR) is 169 cm³/mol. The van der Waals surface area contributed by atoms with Crippen molar-refractivity contribution in [3.05, 3.63) is 11.6 Å². The molecule has 0 spiro atoms. The van der Waals surface area contributed by atoms with E-state index >= 15 is 0 Å². The Labute approximate surface area is 278 Å². The maximum Gasteiger partial charge on any atom is 0.315 e. The summed E-state index contributed by atoms with van der Waals surface area (Å²) in [6.07, 6.45) is -1.58. The number of aliphatic hydroxyl groups excluding tert-OH is 8. The smallest absolute Gasteiger partial charge is 0.315 e. The Morgan fingerprint density at radius 1 is 0.851 bits per heavy atom. The van der Waals surface area contributed by atoms with E-state index in [-0.39, 0.29) is 47.2 Å². The maximum absolute atomic E-state index is 14.4. The second-order valence-corrected chi connectivity index (χ2v) is 17.7. The van der Waals surface area contributed by atoms with Crippen LogP contribution in [0.1, 0.15) is 92.4 Å². The van der Waals surface area contributed by atoms with E-state index in [2.05, 4.69) is 33.8 Å². The molecular formula is C36H58O11. The first-order valence-electron chi connectivity index (χ1n) is 17.7. The van der Waals surface area contributed by atoms with Crippen LogP contribution in [0.5, 0.6) is 0 Å². The van der Waals surface area contributed by atoms with Crippen LogP contribution in [0.4, 0.5) is 0 Å². The topological polar surface area (TPSA) is 197 Å². The minimum Gasteiger partial charge on any atom is -0.432 e. The molecule has 0 aromatic rings. The molecule has 1 saturated heterocycles. The summed E-state index contributed by atoms with van der Waals surface area (Å²) >= 11 is 0. The van der Waals surface area contributed by atoms with E-state index in [1.54, 1.807) is 0 Å².